The number of nitrogens with zero attached hydrogens (tertiary/aromatic N) is 2. The summed E-state index contributed by atoms with van der Waals surface area (Å²) < 4.78 is 7.23. The lowest BCUT2D eigenvalue weighted by Gasteiger charge is -2.13. The zero-order valence-electron chi connectivity index (χ0n) is 10.4. The lowest BCUT2D eigenvalue weighted by atomic mass is 10.1. The molecule has 0 saturated carbocycles. The maximum absolute atomic E-state index is 11.9. The van der Waals surface area contributed by atoms with Crippen LogP contribution in [0.1, 0.15) is 12.0 Å². The van der Waals surface area contributed by atoms with Crippen LogP contribution in [0.2, 0.25) is 0 Å². The van der Waals surface area contributed by atoms with Crippen molar-refractivity contribution in [2.75, 3.05) is 7.11 Å². The van der Waals surface area contributed by atoms with Gasteiger partial charge in [-0.1, -0.05) is 0 Å². The largest absolute Gasteiger partial charge is 0.495 e. The van der Waals surface area contributed by atoms with Gasteiger partial charge in [0.15, 0.2) is 5.43 Å². The van der Waals surface area contributed by atoms with Crippen molar-refractivity contribution < 1.29 is 4.74 Å². The second kappa shape index (κ2) is 4.92. The van der Waals surface area contributed by atoms with Crippen molar-refractivity contribution in [2.24, 2.45) is 0 Å². The highest BCUT2D eigenvalue weighted by Gasteiger charge is 2.09. The van der Waals surface area contributed by atoms with Gasteiger partial charge < -0.3 is 9.30 Å². The van der Waals surface area contributed by atoms with Gasteiger partial charge in [0, 0.05) is 24.2 Å². The number of hydrogen-bond acceptors (Lipinski definition) is 3. The first-order chi connectivity index (χ1) is 8.67. The van der Waals surface area contributed by atoms with Gasteiger partial charge in [0.05, 0.1) is 25.1 Å². The molecule has 0 bridgehead atoms. The quantitative estimate of drug-likeness (QED) is 0.829. The highest BCUT2D eigenvalue weighted by molar-refractivity contribution is 5.85. The highest BCUT2D eigenvalue weighted by atomic mass is 16.5. The fraction of sp³-hybridized carbons (Fsp3) is 0.286. The summed E-state index contributed by atoms with van der Waals surface area (Å²) >= 11 is 0. The van der Waals surface area contributed by atoms with E-state index in [1.54, 1.807) is 13.3 Å². The van der Waals surface area contributed by atoms with Gasteiger partial charge in [-0.25, -0.2) is 0 Å². The van der Waals surface area contributed by atoms with E-state index in [1.807, 2.05) is 23.6 Å². The van der Waals surface area contributed by atoms with Crippen LogP contribution >= 0.6 is 0 Å². The van der Waals surface area contributed by atoms with Gasteiger partial charge in [-0.2, -0.15) is 5.26 Å². The minimum Gasteiger partial charge on any atom is -0.495 e. The molecule has 0 aliphatic rings. The number of benzene rings is 1. The summed E-state index contributed by atoms with van der Waals surface area (Å²) in [6.07, 6.45) is 2.11. The van der Waals surface area contributed by atoms with Crippen molar-refractivity contribution in [1.29, 1.82) is 5.26 Å². The van der Waals surface area contributed by atoms with Crippen LogP contribution in [-0.4, -0.2) is 11.7 Å². The zero-order valence-corrected chi connectivity index (χ0v) is 10.4. The van der Waals surface area contributed by atoms with Gasteiger partial charge in [0.2, 0.25) is 0 Å². The van der Waals surface area contributed by atoms with Crippen molar-refractivity contribution in [2.45, 2.75) is 19.9 Å². The number of nitriles is 1. The van der Waals surface area contributed by atoms with Crippen LogP contribution in [0.5, 0.6) is 5.75 Å². The standard InChI is InChI=1S/C14H14N2O2/c1-10-8-11-12(17)4-7-16(6-3-5-15)14(11)13(9-10)18-2/h4,7-9H,3,6H2,1-2H3. The van der Waals surface area contributed by atoms with E-state index in [2.05, 4.69) is 6.07 Å². The van der Waals surface area contributed by atoms with Gasteiger partial charge in [-0.15, -0.1) is 0 Å². The van der Waals surface area contributed by atoms with Crippen LogP contribution < -0.4 is 10.2 Å². The van der Waals surface area contributed by atoms with Crippen molar-refractivity contribution in [3.05, 3.63) is 40.2 Å². The second-order valence-corrected chi connectivity index (χ2v) is 4.14. The molecule has 4 nitrogen and oxygen atoms in total. The summed E-state index contributed by atoms with van der Waals surface area (Å²) in [4.78, 5) is 11.9. The van der Waals surface area contributed by atoms with E-state index < -0.39 is 0 Å². The van der Waals surface area contributed by atoms with E-state index in [9.17, 15) is 4.79 Å². The second-order valence-electron chi connectivity index (χ2n) is 4.14. The van der Waals surface area contributed by atoms with Crippen LogP contribution in [0.4, 0.5) is 0 Å². The number of aromatic nitrogens is 1. The normalized spacial score (nSPS) is 10.3. The molecule has 0 atom stereocenters. The summed E-state index contributed by atoms with van der Waals surface area (Å²) in [5, 5.41) is 9.30. The number of aryl methyl sites for hydroxylation is 2. The molecule has 1 aromatic heterocycles. The van der Waals surface area contributed by atoms with Gasteiger partial charge in [0.25, 0.3) is 0 Å². The molecular formula is C14H14N2O2. The maximum atomic E-state index is 11.9. The Bertz CT molecular complexity index is 680. The molecule has 1 heterocycles. The van der Waals surface area contributed by atoms with Gasteiger partial charge >= 0.3 is 0 Å². The molecule has 4 heteroatoms. The fourth-order valence-electron chi connectivity index (χ4n) is 2.06. The lowest BCUT2D eigenvalue weighted by molar-refractivity contribution is 0.416. The molecule has 0 aliphatic carbocycles. The lowest BCUT2D eigenvalue weighted by Crippen LogP contribution is -2.09. The maximum Gasteiger partial charge on any atom is 0.189 e. The predicted molar refractivity (Wildman–Crippen MR) is 69.7 cm³/mol. The monoisotopic (exact) mass is 242 g/mol. The molecule has 0 aliphatic heterocycles. The number of pyridine rings is 1. The van der Waals surface area contributed by atoms with Crippen LogP contribution in [-0.2, 0) is 6.54 Å². The third kappa shape index (κ3) is 2.07. The average molecular weight is 242 g/mol. The smallest absolute Gasteiger partial charge is 0.189 e. The van der Waals surface area contributed by atoms with Crippen molar-refractivity contribution >= 4 is 10.9 Å². The molecule has 1 aromatic carbocycles. The average Bonchev–Trinajstić information content (AvgIpc) is 2.37. The third-order valence-corrected chi connectivity index (χ3v) is 2.86. The van der Waals surface area contributed by atoms with Gasteiger partial charge in [-0.3, -0.25) is 4.79 Å². The summed E-state index contributed by atoms with van der Waals surface area (Å²) in [7, 11) is 1.58. The SMILES string of the molecule is COc1cc(C)cc2c(=O)ccn(CCC#N)c12. The molecule has 0 saturated heterocycles. The van der Waals surface area contributed by atoms with E-state index in [0.717, 1.165) is 11.1 Å². The van der Waals surface area contributed by atoms with Gasteiger partial charge in [0.1, 0.15) is 5.75 Å². The van der Waals surface area contributed by atoms with E-state index in [-0.39, 0.29) is 5.43 Å². The molecule has 2 rings (SSSR count). The Labute approximate surface area is 105 Å². The Kier molecular flexibility index (Phi) is 3.33. The Hall–Kier alpha value is -2.28. The van der Waals surface area contributed by atoms with Crippen LogP contribution in [0, 0.1) is 18.3 Å². The molecule has 18 heavy (non-hydrogen) atoms. The zero-order chi connectivity index (χ0) is 13.1. The molecule has 0 fully saturated rings. The summed E-state index contributed by atoms with van der Waals surface area (Å²) in [5.74, 6) is 0.667. The van der Waals surface area contributed by atoms with Gasteiger partial charge in [-0.05, 0) is 24.6 Å². The van der Waals surface area contributed by atoms with Crippen molar-refractivity contribution in [3.8, 4) is 11.8 Å². The first-order valence-corrected chi connectivity index (χ1v) is 5.72. The van der Waals surface area contributed by atoms with Crippen molar-refractivity contribution in [3.63, 3.8) is 0 Å². The number of rotatable bonds is 3. The first kappa shape index (κ1) is 12.2. The predicted octanol–water partition coefficient (Wildman–Crippen LogP) is 2.23. The van der Waals surface area contributed by atoms with Crippen LogP contribution in [0.25, 0.3) is 10.9 Å². The molecule has 0 spiro atoms. The number of fused-ring (bicyclic) bond motifs is 1. The first-order valence-electron chi connectivity index (χ1n) is 5.72. The highest BCUT2D eigenvalue weighted by Crippen LogP contribution is 2.25. The Morgan fingerprint density at radius 3 is 2.89 bits per heavy atom. The Morgan fingerprint density at radius 2 is 2.22 bits per heavy atom. The fourth-order valence-corrected chi connectivity index (χ4v) is 2.06. The summed E-state index contributed by atoms with van der Waals surface area (Å²) in [5.41, 5.74) is 1.71. The number of ether oxygens (including phenoxy) is 1. The Morgan fingerprint density at radius 1 is 1.44 bits per heavy atom. The molecule has 0 unspecified atom stereocenters. The minimum atomic E-state index is -0.0276. The molecule has 92 valence electrons. The molecule has 0 radical (unpaired) electrons. The van der Waals surface area contributed by atoms with E-state index in [4.69, 9.17) is 10.00 Å². The third-order valence-electron chi connectivity index (χ3n) is 2.86. The Balaban J connectivity index is 2.78. The topological polar surface area (TPSA) is 55.0 Å². The molecule has 0 amide bonds. The van der Waals surface area contributed by atoms with E-state index in [0.29, 0.717) is 24.1 Å². The molecule has 0 N–H and O–H groups in total. The molecule has 2 aromatic rings. The number of hydrogen-bond donors (Lipinski definition) is 0. The number of methoxy groups -OCH3 is 1. The summed E-state index contributed by atoms with van der Waals surface area (Å²) in [6.45, 7) is 2.47. The van der Waals surface area contributed by atoms with E-state index in [1.165, 1.54) is 6.07 Å². The van der Waals surface area contributed by atoms with Crippen molar-refractivity contribution in [1.82, 2.24) is 4.57 Å². The summed E-state index contributed by atoms with van der Waals surface area (Å²) in [6, 6.07) is 7.37. The van der Waals surface area contributed by atoms with Crippen LogP contribution in [0.3, 0.4) is 0 Å². The van der Waals surface area contributed by atoms with Crippen LogP contribution in [0.15, 0.2) is 29.2 Å². The van der Waals surface area contributed by atoms with E-state index >= 15 is 0 Å². The minimum absolute atomic E-state index is 0.0276. The molecular weight excluding hydrogens is 228 g/mol.